The summed E-state index contributed by atoms with van der Waals surface area (Å²) in [6, 6.07) is 14.9. The second-order valence-corrected chi connectivity index (χ2v) is 4.90. The van der Waals surface area contributed by atoms with Crippen LogP contribution in [0.5, 0.6) is 0 Å². The number of carbonyl (C=O) groups is 1. The van der Waals surface area contributed by atoms with Crippen molar-refractivity contribution in [2.45, 2.75) is 6.92 Å². The van der Waals surface area contributed by atoms with Gasteiger partial charge in [0.25, 0.3) is 0 Å². The molecular weight excluding hydrogens is 264 g/mol. The maximum absolute atomic E-state index is 11.0. The Morgan fingerprint density at radius 1 is 1.10 bits per heavy atom. The summed E-state index contributed by atoms with van der Waals surface area (Å²) in [6.45, 7) is 2.04. The lowest BCUT2D eigenvalue weighted by molar-refractivity contribution is 0.0697. The molecule has 0 saturated carbocycles. The van der Waals surface area contributed by atoms with Crippen LogP contribution in [0.1, 0.15) is 15.9 Å². The zero-order chi connectivity index (χ0) is 14.8. The molecule has 1 aromatic heterocycles. The van der Waals surface area contributed by atoms with Crippen molar-refractivity contribution in [3.8, 4) is 16.8 Å². The molecule has 0 atom stereocenters. The first-order valence-electron chi connectivity index (χ1n) is 6.59. The van der Waals surface area contributed by atoms with Gasteiger partial charge >= 0.3 is 5.97 Å². The summed E-state index contributed by atoms with van der Waals surface area (Å²) < 4.78 is 1.78. The van der Waals surface area contributed by atoms with Gasteiger partial charge in [-0.2, -0.15) is 5.10 Å². The van der Waals surface area contributed by atoms with Crippen molar-refractivity contribution in [1.82, 2.24) is 9.78 Å². The Balaban J connectivity index is 1.96. The summed E-state index contributed by atoms with van der Waals surface area (Å²) in [5.41, 5.74) is 4.17. The van der Waals surface area contributed by atoms with E-state index in [0.717, 1.165) is 16.8 Å². The molecule has 0 unspecified atom stereocenters. The van der Waals surface area contributed by atoms with E-state index in [0.29, 0.717) is 0 Å². The number of aromatic carboxylic acids is 1. The van der Waals surface area contributed by atoms with E-state index in [4.69, 9.17) is 5.11 Å². The first-order valence-corrected chi connectivity index (χ1v) is 6.59. The Labute approximate surface area is 122 Å². The molecule has 1 heterocycles. The summed E-state index contributed by atoms with van der Waals surface area (Å²) in [5.74, 6) is -0.928. The molecule has 0 aliphatic heterocycles. The summed E-state index contributed by atoms with van der Waals surface area (Å²) >= 11 is 0. The summed E-state index contributed by atoms with van der Waals surface area (Å²) in [6.07, 6.45) is 3.63. The van der Waals surface area contributed by atoms with Crippen LogP contribution in [0.15, 0.2) is 60.9 Å². The maximum atomic E-state index is 11.0. The van der Waals surface area contributed by atoms with Gasteiger partial charge in [0.1, 0.15) is 0 Å². The van der Waals surface area contributed by atoms with E-state index in [1.807, 2.05) is 43.5 Å². The zero-order valence-electron chi connectivity index (χ0n) is 11.5. The molecule has 1 N–H and O–H groups in total. The molecule has 0 bridgehead atoms. The van der Waals surface area contributed by atoms with Crippen molar-refractivity contribution < 1.29 is 9.90 Å². The zero-order valence-corrected chi connectivity index (χ0v) is 11.5. The second-order valence-electron chi connectivity index (χ2n) is 4.90. The van der Waals surface area contributed by atoms with Crippen LogP contribution in [0, 0.1) is 6.92 Å². The van der Waals surface area contributed by atoms with Crippen LogP contribution in [0.3, 0.4) is 0 Å². The highest BCUT2D eigenvalue weighted by molar-refractivity contribution is 5.89. The average Bonchev–Trinajstić information content (AvgIpc) is 2.98. The van der Waals surface area contributed by atoms with E-state index in [2.05, 4.69) is 5.10 Å². The molecular formula is C17H14N2O2. The van der Waals surface area contributed by atoms with Crippen molar-refractivity contribution in [1.29, 1.82) is 0 Å². The lowest BCUT2D eigenvalue weighted by Gasteiger charge is -2.01. The van der Waals surface area contributed by atoms with Gasteiger partial charge in [0.05, 0.1) is 17.4 Å². The number of benzene rings is 2. The lowest BCUT2D eigenvalue weighted by Crippen LogP contribution is -1.95. The third kappa shape index (κ3) is 2.69. The number of carboxylic acid groups (broad SMARTS) is 1. The fraction of sp³-hybridized carbons (Fsp3) is 0.0588. The quantitative estimate of drug-likeness (QED) is 0.797. The Bertz CT molecular complexity index is 789. The van der Waals surface area contributed by atoms with Gasteiger partial charge in [0.15, 0.2) is 0 Å². The minimum Gasteiger partial charge on any atom is -0.478 e. The predicted molar refractivity (Wildman–Crippen MR) is 80.7 cm³/mol. The number of hydrogen-bond donors (Lipinski definition) is 1. The van der Waals surface area contributed by atoms with Crippen LogP contribution in [0.4, 0.5) is 0 Å². The molecule has 0 aliphatic carbocycles. The van der Waals surface area contributed by atoms with Gasteiger partial charge in [-0.05, 0) is 36.8 Å². The Morgan fingerprint density at radius 3 is 2.57 bits per heavy atom. The molecule has 0 spiro atoms. The smallest absolute Gasteiger partial charge is 0.335 e. The highest BCUT2D eigenvalue weighted by Crippen LogP contribution is 2.21. The van der Waals surface area contributed by atoms with E-state index < -0.39 is 5.97 Å². The van der Waals surface area contributed by atoms with E-state index in [1.165, 1.54) is 5.56 Å². The topological polar surface area (TPSA) is 55.1 Å². The molecule has 4 nitrogen and oxygen atoms in total. The highest BCUT2D eigenvalue weighted by Gasteiger charge is 2.07. The molecule has 0 amide bonds. The Kier molecular flexibility index (Phi) is 3.28. The van der Waals surface area contributed by atoms with Gasteiger partial charge in [0.2, 0.25) is 0 Å². The van der Waals surface area contributed by atoms with Gasteiger partial charge in [-0.15, -0.1) is 0 Å². The number of nitrogens with zero attached hydrogens (tertiary/aromatic N) is 2. The molecule has 104 valence electrons. The molecule has 3 rings (SSSR count). The second kappa shape index (κ2) is 5.25. The van der Waals surface area contributed by atoms with Crippen molar-refractivity contribution >= 4 is 5.97 Å². The van der Waals surface area contributed by atoms with Crippen molar-refractivity contribution in [3.63, 3.8) is 0 Å². The Morgan fingerprint density at radius 2 is 1.86 bits per heavy atom. The van der Waals surface area contributed by atoms with Gasteiger partial charge in [0, 0.05) is 11.8 Å². The third-order valence-electron chi connectivity index (χ3n) is 3.32. The monoisotopic (exact) mass is 278 g/mol. The van der Waals surface area contributed by atoms with Crippen molar-refractivity contribution in [2.75, 3.05) is 0 Å². The van der Waals surface area contributed by atoms with Gasteiger partial charge < -0.3 is 5.11 Å². The normalized spacial score (nSPS) is 10.5. The van der Waals surface area contributed by atoms with E-state index in [1.54, 1.807) is 29.1 Å². The van der Waals surface area contributed by atoms with Crippen molar-refractivity contribution in [3.05, 3.63) is 72.1 Å². The minimum atomic E-state index is -0.928. The highest BCUT2D eigenvalue weighted by atomic mass is 16.4. The molecule has 2 aromatic carbocycles. The standard InChI is InChI=1S/C17H14N2O2/c1-12-5-7-16(8-6-12)19-11-15(10-18-19)13-3-2-4-14(9-13)17(20)21/h2-11H,1H3,(H,20,21). The largest absolute Gasteiger partial charge is 0.478 e. The summed E-state index contributed by atoms with van der Waals surface area (Å²) in [4.78, 5) is 11.0. The average molecular weight is 278 g/mol. The fourth-order valence-corrected chi connectivity index (χ4v) is 2.14. The van der Waals surface area contributed by atoms with Crippen LogP contribution in [0.25, 0.3) is 16.8 Å². The number of aromatic nitrogens is 2. The molecule has 0 radical (unpaired) electrons. The first-order chi connectivity index (χ1) is 10.1. The summed E-state index contributed by atoms with van der Waals surface area (Å²) in [7, 11) is 0. The van der Waals surface area contributed by atoms with Crippen LogP contribution < -0.4 is 0 Å². The van der Waals surface area contributed by atoms with E-state index in [9.17, 15) is 4.79 Å². The predicted octanol–water partition coefficient (Wildman–Crippen LogP) is 3.55. The minimum absolute atomic E-state index is 0.274. The molecule has 3 aromatic rings. The number of hydrogen-bond acceptors (Lipinski definition) is 2. The van der Waals surface area contributed by atoms with E-state index in [-0.39, 0.29) is 5.56 Å². The van der Waals surface area contributed by atoms with E-state index >= 15 is 0 Å². The first kappa shape index (κ1) is 13.1. The number of aryl methyl sites for hydroxylation is 1. The van der Waals surface area contributed by atoms with Crippen molar-refractivity contribution in [2.24, 2.45) is 0 Å². The van der Waals surface area contributed by atoms with Gasteiger partial charge in [-0.1, -0.05) is 29.8 Å². The Hall–Kier alpha value is -2.88. The third-order valence-corrected chi connectivity index (χ3v) is 3.32. The maximum Gasteiger partial charge on any atom is 0.335 e. The molecule has 4 heteroatoms. The van der Waals surface area contributed by atoms with Crippen LogP contribution in [-0.4, -0.2) is 20.9 Å². The van der Waals surface area contributed by atoms with Crippen LogP contribution >= 0.6 is 0 Å². The number of carboxylic acids is 1. The molecule has 21 heavy (non-hydrogen) atoms. The fourth-order valence-electron chi connectivity index (χ4n) is 2.14. The van der Waals surface area contributed by atoms with Crippen LogP contribution in [-0.2, 0) is 0 Å². The SMILES string of the molecule is Cc1ccc(-n2cc(-c3cccc(C(=O)O)c3)cn2)cc1. The number of rotatable bonds is 3. The van der Waals surface area contributed by atoms with Gasteiger partial charge in [-0.3, -0.25) is 0 Å². The van der Waals surface area contributed by atoms with Crippen LogP contribution in [0.2, 0.25) is 0 Å². The molecule has 0 fully saturated rings. The van der Waals surface area contributed by atoms with Gasteiger partial charge in [-0.25, -0.2) is 9.48 Å². The molecule has 0 saturated heterocycles. The lowest BCUT2D eigenvalue weighted by atomic mass is 10.1. The summed E-state index contributed by atoms with van der Waals surface area (Å²) in [5, 5.41) is 13.4. The molecule has 0 aliphatic rings.